The van der Waals surface area contributed by atoms with Gasteiger partial charge in [0, 0.05) is 31.7 Å². The molecule has 0 fully saturated rings. The summed E-state index contributed by atoms with van der Waals surface area (Å²) >= 11 is 1.69. The standard InChI is InChI=1S/C14H19N3O2S/c1-11(2)19-14(18)16(3)9-10-20-13-6-4-5-12-15-7-8-17(12)13/h4-8,11H,9-10H2,1-3H3. The molecule has 0 bridgehead atoms. The van der Waals surface area contributed by atoms with E-state index in [0.717, 1.165) is 16.4 Å². The second kappa shape index (κ2) is 6.65. The SMILES string of the molecule is CC(C)OC(=O)N(C)CCSc1cccc2nccn12. The first-order valence-corrected chi connectivity index (χ1v) is 7.53. The Morgan fingerprint density at radius 1 is 1.50 bits per heavy atom. The van der Waals surface area contributed by atoms with Crippen molar-refractivity contribution in [1.82, 2.24) is 14.3 Å². The second-order valence-electron chi connectivity index (χ2n) is 4.72. The molecule has 20 heavy (non-hydrogen) atoms. The number of ether oxygens (including phenoxy) is 1. The average molecular weight is 293 g/mol. The molecule has 0 radical (unpaired) electrons. The van der Waals surface area contributed by atoms with Crippen LogP contribution in [0, 0.1) is 0 Å². The van der Waals surface area contributed by atoms with Gasteiger partial charge in [-0.2, -0.15) is 0 Å². The Bertz CT molecular complexity index is 583. The van der Waals surface area contributed by atoms with Crippen LogP contribution >= 0.6 is 11.8 Å². The molecule has 108 valence electrons. The van der Waals surface area contributed by atoms with Gasteiger partial charge >= 0.3 is 6.09 Å². The number of carbonyl (C=O) groups excluding carboxylic acids is 1. The number of thioether (sulfide) groups is 1. The highest BCUT2D eigenvalue weighted by molar-refractivity contribution is 7.99. The molecule has 2 rings (SSSR count). The molecule has 0 atom stereocenters. The minimum Gasteiger partial charge on any atom is -0.447 e. The van der Waals surface area contributed by atoms with Crippen LogP contribution < -0.4 is 0 Å². The van der Waals surface area contributed by atoms with Crippen LogP contribution in [-0.4, -0.2) is 45.8 Å². The van der Waals surface area contributed by atoms with Gasteiger partial charge < -0.3 is 9.64 Å². The van der Waals surface area contributed by atoms with Crippen molar-refractivity contribution in [2.45, 2.75) is 25.0 Å². The Morgan fingerprint density at radius 2 is 2.30 bits per heavy atom. The molecule has 0 aliphatic heterocycles. The van der Waals surface area contributed by atoms with Crippen molar-refractivity contribution < 1.29 is 9.53 Å². The molecule has 0 saturated heterocycles. The number of amides is 1. The maximum absolute atomic E-state index is 11.6. The van der Waals surface area contributed by atoms with E-state index in [2.05, 4.69) is 4.98 Å². The van der Waals surface area contributed by atoms with E-state index in [1.54, 1.807) is 29.9 Å². The largest absolute Gasteiger partial charge is 0.447 e. The number of rotatable bonds is 5. The number of pyridine rings is 1. The third kappa shape index (κ3) is 3.66. The van der Waals surface area contributed by atoms with E-state index < -0.39 is 0 Å². The summed E-state index contributed by atoms with van der Waals surface area (Å²) in [6.45, 7) is 4.34. The van der Waals surface area contributed by atoms with Gasteiger partial charge in [-0.25, -0.2) is 9.78 Å². The molecule has 2 aromatic heterocycles. The number of aromatic nitrogens is 2. The van der Waals surface area contributed by atoms with Crippen LogP contribution in [0.25, 0.3) is 5.65 Å². The molecule has 0 aromatic carbocycles. The zero-order chi connectivity index (χ0) is 14.5. The normalized spacial score (nSPS) is 11.0. The highest BCUT2D eigenvalue weighted by atomic mass is 32.2. The van der Waals surface area contributed by atoms with E-state index in [1.165, 1.54) is 0 Å². The Hall–Kier alpha value is -1.69. The van der Waals surface area contributed by atoms with Crippen molar-refractivity contribution in [2.75, 3.05) is 19.3 Å². The van der Waals surface area contributed by atoms with Crippen LogP contribution in [0.5, 0.6) is 0 Å². The molecule has 5 nitrogen and oxygen atoms in total. The molecule has 2 aromatic rings. The smallest absolute Gasteiger partial charge is 0.409 e. The van der Waals surface area contributed by atoms with Gasteiger partial charge in [0.1, 0.15) is 5.65 Å². The topological polar surface area (TPSA) is 46.8 Å². The van der Waals surface area contributed by atoms with E-state index in [0.29, 0.717) is 6.54 Å². The lowest BCUT2D eigenvalue weighted by atomic mass is 10.5. The van der Waals surface area contributed by atoms with Crippen molar-refractivity contribution in [3.8, 4) is 0 Å². The van der Waals surface area contributed by atoms with E-state index >= 15 is 0 Å². The van der Waals surface area contributed by atoms with E-state index in [4.69, 9.17) is 4.74 Å². The quantitative estimate of drug-likeness (QED) is 0.795. The number of imidazole rings is 1. The van der Waals surface area contributed by atoms with E-state index in [1.807, 2.05) is 42.6 Å². The molecule has 6 heteroatoms. The van der Waals surface area contributed by atoms with Crippen LogP contribution in [0.4, 0.5) is 4.79 Å². The van der Waals surface area contributed by atoms with Gasteiger partial charge in [-0.15, -0.1) is 11.8 Å². The van der Waals surface area contributed by atoms with Crippen LogP contribution in [0.1, 0.15) is 13.8 Å². The average Bonchev–Trinajstić information content (AvgIpc) is 2.86. The summed E-state index contributed by atoms with van der Waals surface area (Å²) in [5.41, 5.74) is 0.933. The van der Waals surface area contributed by atoms with Crippen LogP contribution in [0.15, 0.2) is 35.6 Å². The van der Waals surface area contributed by atoms with Crippen molar-refractivity contribution in [2.24, 2.45) is 0 Å². The van der Waals surface area contributed by atoms with Crippen molar-refractivity contribution >= 4 is 23.5 Å². The summed E-state index contributed by atoms with van der Waals surface area (Å²) in [7, 11) is 1.75. The molecule has 0 spiro atoms. The van der Waals surface area contributed by atoms with Crippen molar-refractivity contribution in [3.05, 3.63) is 30.6 Å². The van der Waals surface area contributed by atoms with Gasteiger partial charge in [0.05, 0.1) is 11.1 Å². The molecular formula is C14H19N3O2S. The number of fused-ring (bicyclic) bond motifs is 1. The van der Waals surface area contributed by atoms with Crippen molar-refractivity contribution in [1.29, 1.82) is 0 Å². The Morgan fingerprint density at radius 3 is 3.05 bits per heavy atom. The highest BCUT2D eigenvalue weighted by Gasteiger charge is 2.11. The summed E-state index contributed by atoms with van der Waals surface area (Å²) in [4.78, 5) is 17.5. The van der Waals surface area contributed by atoms with E-state index in [-0.39, 0.29) is 12.2 Å². The molecule has 0 saturated carbocycles. The molecule has 1 amide bonds. The molecule has 0 aliphatic carbocycles. The predicted octanol–water partition coefficient (Wildman–Crippen LogP) is 2.90. The second-order valence-corrected chi connectivity index (χ2v) is 5.84. The van der Waals surface area contributed by atoms with Gasteiger partial charge in [0.15, 0.2) is 0 Å². The van der Waals surface area contributed by atoms with Crippen LogP contribution in [0.2, 0.25) is 0 Å². The molecule has 0 unspecified atom stereocenters. The number of hydrogen-bond acceptors (Lipinski definition) is 4. The van der Waals surface area contributed by atoms with Crippen LogP contribution in [0.3, 0.4) is 0 Å². The summed E-state index contributed by atoms with van der Waals surface area (Å²) in [6.07, 6.45) is 3.36. The van der Waals surface area contributed by atoms with Gasteiger partial charge in [0.2, 0.25) is 0 Å². The molecular weight excluding hydrogens is 274 g/mol. The van der Waals surface area contributed by atoms with Crippen LogP contribution in [-0.2, 0) is 4.74 Å². The Balaban J connectivity index is 1.87. The first kappa shape index (κ1) is 14.7. The van der Waals surface area contributed by atoms with Gasteiger partial charge in [-0.1, -0.05) is 6.07 Å². The summed E-state index contributed by atoms with van der Waals surface area (Å²) in [5, 5.41) is 1.12. The fourth-order valence-electron chi connectivity index (χ4n) is 1.71. The predicted molar refractivity (Wildman–Crippen MR) is 80.2 cm³/mol. The Labute approximate surface area is 122 Å². The summed E-state index contributed by atoms with van der Waals surface area (Å²) in [5.74, 6) is 0.807. The zero-order valence-corrected chi connectivity index (χ0v) is 12.8. The maximum Gasteiger partial charge on any atom is 0.409 e. The monoisotopic (exact) mass is 293 g/mol. The van der Waals surface area contributed by atoms with Crippen molar-refractivity contribution in [3.63, 3.8) is 0 Å². The lowest BCUT2D eigenvalue weighted by Gasteiger charge is -2.18. The molecule has 0 N–H and O–H groups in total. The number of carbonyl (C=O) groups is 1. The van der Waals surface area contributed by atoms with E-state index in [9.17, 15) is 4.79 Å². The highest BCUT2D eigenvalue weighted by Crippen LogP contribution is 2.19. The van der Waals surface area contributed by atoms with Gasteiger partial charge in [-0.05, 0) is 26.0 Å². The first-order chi connectivity index (χ1) is 9.58. The fraction of sp³-hybridized carbons (Fsp3) is 0.429. The third-order valence-electron chi connectivity index (χ3n) is 2.72. The maximum atomic E-state index is 11.6. The lowest BCUT2D eigenvalue weighted by Crippen LogP contribution is -2.31. The summed E-state index contributed by atoms with van der Waals surface area (Å²) < 4.78 is 7.17. The summed E-state index contributed by atoms with van der Waals surface area (Å²) in [6, 6.07) is 6.00. The minimum atomic E-state index is -0.276. The zero-order valence-electron chi connectivity index (χ0n) is 11.9. The van der Waals surface area contributed by atoms with Gasteiger partial charge in [-0.3, -0.25) is 4.40 Å². The van der Waals surface area contributed by atoms with Gasteiger partial charge in [0.25, 0.3) is 0 Å². The lowest BCUT2D eigenvalue weighted by molar-refractivity contribution is 0.0857. The molecule has 0 aliphatic rings. The fourth-order valence-corrected chi connectivity index (χ4v) is 2.75. The third-order valence-corrected chi connectivity index (χ3v) is 3.73. The first-order valence-electron chi connectivity index (χ1n) is 6.54. The minimum absolute atomic E-state index is 0.0858. The Kier molecular flexibility index (Phi) is 4.89. The molecule has 2 heterocycles. The number of nitrogens with zero attached hydrogens (tertiary/aromatic N) is 3. The number of hydrogen-bond donors (Lipinski definition) is 0.